The lowest BCUT2D eigenvalue weighted by Crippen LogP contribution is -1.86. The summed E-state index contributed by atoms with van der Waals surface area (Å²) >= 11 is 0. The quantitative estimate of drug-likeness (QED) is 0.174. The van der Waals surface area contributed by atoms with Crippen molar-refractivity contribution in [2.24, 2.45) is 0 Å². The number of allylic oxidation sites excluding steroid dienone is 1. The molecule has 1 atom stereocenters. The molecular weight excluding hydrogens is 268 g/mol. The van der Waals surface area contributed by atoms with Gasteiger partial charge in [-0.3, -0.25) is 0 Å². The monoisotopic (exact) mass is 310 g/mol. The van der Waals surface area contributed by atoms with Gasteiger partial charge in [-0.15, -0.1) is 6.58 Å². The highest BCUT2D eigenvalue weighted by Crippen LogP contribution is 2.18. The maximum absolute atomic E-state index is 5.22. The van der Waals surface area contributed by atoms with Gasteiger partial charge in [0, 0.05) is 0 Å². The van der Waals surface area contributed by atoms with Crippen LogP contribution in [0.3, 0.4) is 0 Å². The van der Waals surface area contributed by atoms with Gasteiger partial charge < -0.3 is 4.74 Å². The van der Waals surface area contributed by atoms with E-state index in [4.69, 9.17) is 4.74 Å². The molecule has 0 N–H and O–H groups in total. The van der Waals surface area contributed by atoms with Gasteiger partial charge in [-0.25, -0.2) is 0 Å². The Kier molecular flexibility index (Phi) is 18.5. The zero-order valence-corrected chi connectivity index (χ0v) is 15.6. The molecule has 1 nitrogen and oxygen atoms in total. The van der Waals surface area contributed by atoms with Gasteiger partial charge in [-0.1, -0.05) is 103 Å². The van der Waals surface area contributed by atoms with Crippen LogP contribution in [0.4, 0.5) is 0 Å². The number of epoxide rings is 1. The SMILES string of the molecule is C=CC.CCCCCCCCCCCCCCCCC1CO1. The van der Waals surface area contributed by atoms with Crippen LogP contribution in [0.2, 0.25) is 0 Å². The summed E-state index contributed by atoms with van der Waals surface area (Å²) in [6.07, 6.45) is 24.0. The highest BCUT2D eigenvalue weighted by atomic mass is 16.6. The summed E-state index contributed by atoms with van der Waals surface area (Å²) in [6.45, 7) is 8.58. The number of rotatable bonds is 15. The molecule has 1 heterocycles. The predicted molar refractivity (Wildman–Crippen MR) is 101 cm³/mol. The molecule has 1 aliphatic rings. The molecule has 132 valence electrons. The molecule has 0 bridgehead atoms. The third kappa shape index (κ3) is 19.7. The summed E-state index contributed by atoms with van der Waals surface area (Å²) in [6, 6.07) is 0. The molecule has 1 fully saturated rings. The average Bonchev–Trinajstić information content (AvgIpc) is 3.33. The van der Waals surface area contributed by atoms with Gasteiger partial charge in [-0.05, 0) is 13.3 Å². The van der Waals surface area contributed by atoms with Crippen molar-refractivity contribution in [2.45, 2.75) is 116 Å². The standard InChI is InChI=1S/C18H36O.C3H6/c1-2-3-4-5-6-7-8-9-10-11-12-13-14-15-16-18-17-19-18;1-3-2/h18H,2-17H2,1H3;3H,1H2,2H3. The summed E-state index contributed by atoms with van der Waals surface area (Å²) in [4.78, 5) is 0. The molecule has 1 saturated heterocycles. The average molecular weight is 311 g/mol. The van der Waals surface area contributed by atoms with E-state index in [1.54, 1.807) is 6.08 Å². The van der Waals surface area contributed by atoms with Crippen molar-refractivity contribution in [1.82, 2.24) is 0 Å². The summed E-state index contributed by atoms with van der Waals surface area (Å²) in [5, 5.41) is 0. The minimum Gasteiger partial charge on any atom is -0.373 e. The smallest absolute Gasteiger partial charge is 0.0810 e. The van der Waals surface area contributed by atoms with E-state index in [2.05, 4.69) is 13.5 Å². The molecule has 1 rings (SSSR count). The molecule has 0 aromatic heterocycles. The summed E-state index contributed by atoms with van der Waals surface area (Å²) < 4.78 is 5.22. The largest absolute Gasteiger partial charge is 0.373 e. The second kappa shape index (κ2) is 18.7. The first-order valence-corrected chi connectivity index (χ1v) is 10.0. The Hall–Kier alpha value is -0.300. The predicted octanol–water partition coefficient (Wildman–Crippen LogP) is 7.45. The van der Waals surface area contributed by atoms with Crippen LogP contribution in [0, 0.1) is 0 Å². The molecule has 1 unspecified atom stereocenters. The maximum Gasteiger partial charge on any atom is 0.0810 e. The molecule has 22 heavy (non-hydrogen) atoms. The molecule has 0 saturated carbocycles. The van der Waals surface area contributed by atoms with Gasteiger partial charge in [0.1, 0.15) is 0 Å². The van der Waals surface area contributed by atoms with Crippen LogP contribution in [0.25, 0.3) is 0 Å². The van der Waals surface area contributed by atoms with Crippen molar-refractivity contribution in [3.63, 3.8) is 0 Å². The normalized spacial score (nSPS) is 16.0. The van der Waals surface area contributed by atoms with Crippen molar-refractivity contribution in [2.75, 3.05) is 6.61 Å². The fourth-order valence-corrected chi connectivity index (χ4v) is 2.80. The van der Waals surface area contributed by atoms with E-state index < -0.39 is 0 Å². The van der Waals surface area contributed by atoms with Crippen molar-refractivity contribution in [1.29, 1.82) is 0 Å². The van der Waals surface area contributed by atoms with Crippen LogP contribution in [-0.4, -0.2) is 12.7 Å². The molecule has 0 aromatic carbocycles. The molecule has 0 spiro atoms. The third-order valence-corrected chi connectivity index (χ3v) is 4.28. The van der Waals surface area contributed by atoms with Crippen molar-refractivity contribution >= 4 is 0 Å². The van der Waals surface area contributed by atoms with E-state index in [0.29, 0.717) is 6.10 Å². The van der Waals surface area contributed by atoms with Crippen LogP contribution < -0.4 is 0 Å². The van der Waals surface area contributed by atoms with E-state index in [0.717, 1.165) is 6.61 Å². The zero-order valence-electron chi connectivity index (χ0n) is 15.6. The molecule has 0 aliphatic carbocycles. The van der Waals surface area contributed by atoms with Crippen LogP contribution in [0.1, 0.15) is 110 Å². The summed E-state index contributed by atoms with van der Waals surface area (Å²) in [5.41, 5.74) is 0. The van der Waals surface area contributed by atoms with Crippen LogP contribution in [-0.2, 0) is 4.74 Å². The Morgan fingerprint density at radius 1 is 0.773 bits per heavy atom. The van der Waals surface area contributed by atoms with Gasteiger partial charge in [0.05, 0.1) is 12.7 Å². The fraction of sp³-hybridized carbons (Fsp3) is 0.905. The number of hydrogen-bond acceptors (Lipinski definition) is 1. The van der Waals surface area contributed by atoms with E-state index in [1.807, 2.05) is 6.92 Å². The second-order valence-corrected chi connectivity index (χ2v) is 6.75. The van der Waals surface area contributed by atoms with Crippen LogP contribution in [0.5, 0.6) is 0 Å². The van der Waals surface area contributed by atoms with Crippen LogP contribution in [0.15, 0.2) is 12.7 Å². The number of ether oxygens (including phenoxy) is 1. The Bertz CT molecular complexity index is 208. The number of hydrogen-bond donors (Lipinski definition) is 0. The zero-order chi connectivity index (χ0) is 16.3. The summed E-state index contributed by atoms with van der Waals surface area (Å²) in [7, 11) is 0. The summed E-state index contributed by atoms with van der Waals surface area (Å²) in [5.74, 6) is 0. The lowest BCUT2D eigenvalue weighted by atomic mass is 10.0. The van der Waals surface area contributed by atoms with Crippen molar-refractivity contribution in [3.05, 3.63) is 12.7 Å². The van der Waals surface area contributed by atoms with E-state index in [-0.39, 0.29) is 0 Å². The van der Waals surface area contributed by atoms with E-state index in [1.165, 1.54) is 96.3 Å². The molecule has 0 aromatic rings. The van der Waals surface area contributed by atoms with Crippen molar-refractivity contribution in [3.8, 4) is 0 Å². The Balaban J connectivity index is 0.00000135. The number of unbranched alkanes of at least 4 members (excludes halogenated alkanes) is 13. The Morgan fingerprint density at radius 3 is 1.41 bits per heavy atom. The first-order chi connectivity index (χ1) is 10.8. The van der Waals surface area contributed by atoms with Crippen molar-refractivity contribution < 1.29 is 4.74 Å². The molecule has 0 radical (unpaired) electrons. The van der Waals surface area contributed by atoms with Gasteiger partial charge in [0.15, 0.2) is 0 Å². The minimum absolute atomic E-state index is 0.650. The van der Waals surface area contributed by atoms with Gasteiger partial charge in [-0.2, -0.15) is 0 Å². The lowest BCUT2D eigenvalue weighted by Gasteiger charge is -2.03. The fourth-order valence-electron chi connectivity index (χ4n) is 2.80. The molecule has 1 heteroatoms. The van der Waals surface area contributed by atoms with Gasteiger partial charge in [0.25, 0.3) is 0 Å². The van der Waals surface area contributed by atoms with Gasteiger partial charge in [0.2, 0.25) is 0 Å². The highest BCUT2D eigenvalue weighted by Gasteiger charge is 2.20. The minimum atomic E-state index is 0.650. The second-order valence-electron chi connectivity index (χ2n) is 6.75. The Morgan fingerprint density at radius 2 is 1.09 bits per heavy atom. The van der Waals surface area contributed by atoms with E-state index >= 15 is 0 Å². The highest BCUT2D eigenvalue weighted by molar-refractivity contribution is 4.68. The lowest BCUT2D eigenvalue weighted by molar-refractivity contribution is 0.387. The maximum atomic E-state index is 5.22. The topological polar surface area (TPSA) is 12.5 Å². The first-order valence-electron chi connectivity index (χ1n) is 10.0. The molecular formula is C21H42O. The molecule has 1 aliphatic heterocycles. The third-order valence-electron chi connectivity index (χ3n) is 4.28. The molecule has 0 amide bonds. The van der Waals surface area contributed by atoms with Gasteiger partial charge >= 0.3 is 0 Å². The first kappa shape index (κ1) is 21.7. The van der Waals surface area contributed by atoms with Crippen LogP contribution >= 0.6 is 0 Å². The van der Waals surface area contributed by atoms with E-state index in [9.17, 15) is 0 Å². The Labute approximate surface area is 140 Å².